The van der Waals surface area contributed by atoms with Gasteiger partial charge >= 0.3 is 5.97 Å². The molecule has 0 saturated carbocycles. The van der Waals surface area contributed by atoms with E-state index in [1.165, 1.54) is 0 Å². The van der Waals surface area contributed by atoms with Crippen LogP contribution in [0.3, 0.4) is 0 Å². The molecule has 76 valence electrons. The number of aryl methyl sites for hydroxylation is 1. The first-order chi connectivity index (χ1) is 6.59. The molecule has 14 heavy (non-hydrogen) atoms. The van der Waals surface area contributed by atoms with Crippen molar-refractivity contribution >= 4 is 29.2 Å². The van der Waals surface area contributed by atoms with Gasteiger partial charge in [0.2, 0.25) is 0 Å². The summed E-state index contributed by atoms with van der Waals surface area (Å²) in [6.45, 7) is 0. The van der Waals surface area contributed by atoms with Crippen molar-refractivity contribution in [3.05, 3.63) is 34.9 Å². The largest absolute Gasteiger partial charge is 0.480 e. The highest BCUT2D eigenvalue weighted by molar-refractivity contribution is 6.30. The molecular weight excluding hydrogens is 223 g/mol. The summed E-state index contributed by atoms with van der Waals surface area (Å²) in [7, 11) is 0. The van der Waals surface area contributed by atoms with Gasteiger partial charge in [-0.05, 0) is 30.5 Å². The molecule has 0 aromatic heterocycles. The second-order valence-electron chi connectivity index (χ2n) is 2.97. The summed E-state index contributed by atoms with van der Waals surface area (Å²) in [4.78, 5) is 10.4. The average Bonchev–Trinajstić information content (AvgIpc) is 2.16. The van der Waals surface area contributed by atoms with Crippen molar-refractivity contribution in [3.63, 3.8) is 0 Å². The lowest BCUT2D eigenvalue weighted by Gasteiger charge is -2.03. The lowest BCUT2D eigenvalue weighted by atomic mass is 10.1. The summed E-state index contributed by atoms with van der Waals surface area (Å²) in [5, 5.41) is 8.41. The minimum Gasteiger partial charge on any atom is -0.480 e. The maximum Gasteiger partial charge on any atom is 0.321 e. The lowest BCUT2D eigenvalue weighted by Crippen LogP contribution is -2.13. The molecule has 1 unspecified atom stereocenters. The quantitative estimate of drug-likeness (QED) is 0.811. The van der Waals surface area contributed by atoms with Gasteiger partial charge in [0.05, 0.1) is 0 Å². The van der Waals surface area contributed by atoms with Crippen LogP contribution in [-0.4, -0.2) is 16.5 Å². The van der Waals surface area contributed by atoms with Crippen molar-refractivity contribution in [1.82, 2.24) is 0 Å². The molecule has 0 amide bonds. The minimum absolute atomic E-state index is 0.429. The molecule has 0 heterocycles. The summed E-state index contributed by atoms with van der Waals surface area (Å²) in [5.74, 6) is -0.972. The molecule has 0 aliphatic carbocycles. The highest BCUT2D eigenvalue weighted by Gasteiger charge is 2.12. The Hall–Kier alpha value is -0.730. The van der Waals surface area contributed by atoms with Crippen molar-refractivity contribution in [2.24, 2.45) is 0 Å². The van der Waals surface area contributed by atoms with E-state index in [1.807, 2.05) is 12.1 Å². The van der Waals surface area contributed by atoms with Crippen molar-refractivity contribution in [3.8, 4) is 0 Å². The predicted octanol–water partition coefficient (Wildman–Crippen LogP) is 2.96. The zero-order chi connectivity index (χ0) is 10.6. The Balaban J connectivity index is 2.46. The Labute approximate surface area is 92.5 Å². The maximum atomic E-state index is 10.4. The number of aliphatic carboxylic acids is 1. The first-order valence-electron chi connectivity index (χ1n) is 4.21. The molecule has 0 radical (unpaired) electrons. The van der Waals surface area contributed by atoms with E-state index in [0.717, 1.165) is 5.56 Å². The van der Waals surface area contributed by atoms with E-state index in [4.69, 9.17) is 28.3 Å². The van der Waals surface area contributed by atoms with E-state index < -0.39 is 11.3 Å². The summed E-state index contributed by atoms with van der Waals surface area (Å²) in [6.07, 6.45) is 1.08. The first-order valence-corrected chi connectivity index (χ1v) is 5.02. The molecule has 0 aliphatic heterocycles. The molecule has 1 aromatic carbocycles. The van der Waals surface area contributed by atoms with E-state index in [0.29, 0.717) is 17.9 Å². The third kappa shape index (κ3) is 3.56. The van der Waals surface area contributed by atoms with Crippen LogP contribution in [0.4, 0.5) is 0 Å². The Bertz CT molecular complexity index is 308. The smallest absolute Gasteiger partial charge is 0.321 e. The standard InChI is InChI=1S/C10H10Cl2O2/c11-8-4-1-7(2-5-8)3-6-9(12)10(13)14/h1-2,4-5,9H,3,6H2,(H,13,14). The molecule has 0 fully saturated rings. The fraction of sp³-hybridized carbons (Fsp3) is 0.300. The second kappa shape index (κ2) is 5.23. The van der Waals surface area contributed by atoms with Gasteiger partial charge in [0, 0.05) is 5.02 Å². The van der Waals surface area contributed by atoms with E-state index in [-0.39, 0.29) is 0 Å². The van der Waals surface area contributed by atoms with E-state index >= 15 is 0 Å². The lowest BCUT2D eigenvalue weighted by molar-refractivity contribution is -0.136. The number of hydrogen-bond donors (Lipinski definition) is 1. The monoisotopic (exact) mass is 232 g/mol. The van der Waals surface area contributed by atoms with Crippen LogP contribution >= 0.6 is 23.2 Å². The fourth-order valence-corrected chi connectivity index (χ4v) is 1.30. The molecule has 0 saturated heterocycles. The Kier molecular flexibility index (Phi) is 4.23. The van der Waals surface area contributed by atoms with Gasteiger partial charge in [-0.15, -0.1) is 11.6 Å². The van der Waals surface area contributed by atoms with Crippen LogP contribution < -0.4 is 0 Å². The number of carboxylic acids is 1. The number of hydrogen-bond acceptors (Lipinski definition) is 1. The van der Waals surface area contributed by atoms with Gasteiger partial charge in [-0.3, -0.25) is 4.79 Å². The molecule has 1 N–H and O–H groups in total. The van der Waals surface area contributed by atoms with Crippen molar-refractivity contribution in [2.75, 3.05) is 0 Å². The topological polar surface area (TPSA) is 37.3 Å². The summed E-state index contributed by atoms with van der Waals surface area (Å²) in [5.41, 5.74) is 1.04. The Morgan fingerprint density at radius 1 is 1.36 bits per heavy atom. The predicted molar refractivity (Wildman–Crippen MR) is 57.0 cm³/mol. The molecule has 0 bridgehead atoms. The van der Waals surface area contributed by atoms with E-state index in [1.54, 1.807) is 12.1 Å². The molecule has 0 aliphatic rings. The summed E-state index contributed by atoms with van der Waals surface area (Å²) >= 11 is 11.3. The van der Waals surface area contributed by atoms with Crippen molar-refractivity contribution in [1.29, 1.82) is 0 Å². The van der Waals surface area contributed by atoms with E-state index in [2.05, 4.69) is 0 Å². The van der Waals surface area contributed by atoms with Crippen LogP contribution in [-0.2, 0) is 11.2 Å². The third-order valence-electron chi connectivity index (χ3n) is 1.87. The van der Waals surface area contributed by atoms with Crippen LogP contribution in [0, 0.1) is 0 Å². The first kappa shape index (κ1) is 11.3. The third-order valence-corrected chi connectivity index (χ3v) is 2.52. The number of alkyl halides is 1. The number of carbonyl (C=O) groups is 1. The average molecular weight is 233 g/mol. The normalized spacial score (nSPS) is 12.4. The highest BCUT2D eigenvalue weighted by Crippen LogP contribution is 2.13. The molecular formula is C10H10Cl2O2. The molecule has 4 heteroatoms. The van der Waals surface area contributed by atoms with Gasteiger partial charge in [-0.2, -0.15) is 0 Å². The molecule has 1 rings (SSSR count). The maximum absolute atomic E-state index is 10.4. The zero-order valence-corrected chi connectivity index (χ0v) is 8.92. The van der Waals surface area contributed by atoms with Crippen LogP contribution in [0.5, 0.6) is 0 Å². The molecule has 1 aromatic rings. The highest BCUT2D eigenvalue weighted by atomic mass is 35.5. The fourth-order valence-electron chi connectivity index (χ4n) is 1.07. The van der Waals surface area contributed by atoms with Gasteiger partial charge in [0.25, 0.3) is 0 Å². The number of benzene rings is 1. The molecule has 0 spiro atoms. The summed E-state index contributed by atoms with van der Waals surface area (Å²) < 4.78 is 0. The SMILES string of the molecule is O=C(O)C(Cl)CCc1ccc(Cl)cc1. The number of carboxylic acid groups (broad SMARTS) is 1. The number of rotatable bonds is 4. The van der Waals surface area contributed by atoms with Crippen molar-refractivity contribution in [2.45, 2.75) is 18.2 Å². The van der Waals surface area contributed by atoms with Crippen molar-refractivity contribution < 1.29 is 9.90 Å². The second-order valence-corrected chi connectivity index (χ2v) is 3.93. The van der Waals surface area contributed by atoms with Crippen LogP contribution in [0.15, 0.2) is 24.3 Å². The van der Waals surface area contributed by atoms with E-state index in [9.17, 15) is 4.79 Å². The van der Waals surface area contributed by atoms with Gasteiger partial charge < -0.3 is 5.11 Å². The van der Waals surface area contributed by atoms with Gasteiger partial charge in [0.1, 0.15) is 5.38 Å². The molecule has 2 nitrogen and oxygen atoms in total. The van der Waals surface area contributed by atoms with Crippen LogP contribution in [0.1, 0.15) is 12.0 Å². The van der Waals surface area contributed by atoms with Crippen LogP contribution in [0.25, 0.3) is 0 Å². The Morgan fingerprint density at radius 3 is 2.43 bits per heavy atom. The van der Waals surface area contributed by atoms with Crippen LogP contribution in [0.2, 0.25) is 5.02 Å². The molecule has 1 atom stereocenters. The van der Waals surface area contributed by atoms with Gasteiger partial charge in [-0.25, -0.2) is 0 Å². The zero-order valence-electron chi connectivity index (χ0n) is 7.41. The van der Waals surface area contributed by atoms with Gasteiger partial charge in [0.15, 0.2) is 0 Å². The summed E-state index contributed by atoms with van der Waals surface area (Å²) in [6, 6.07) is 7.30. The minimum atomic E-state index is -0.972. The number of halogens is 2. The Morgan fingerprint density at radius 2 is 1.93 bits per heavy atom. The van der Waals surface area contributed by atoms with Gasteiger partial charge in [-0.1, -0.05) is 23.7 Å².